The Morgan fingerprint density at radius 1 is 1.21 bits per heavy atom. The summed E-state index contributed by atoms with van der Waals surface area (Å²) in [5.74, 6) is 0.654. The quantitative estimate of drug-likeness (QED) is 0.492. The van der Waals surface area contributed by atoms with Crippen molar-refractivity contribution < 1.29 is 0 Å². The second kappa shape index (κ2) is 7.00. The molecule has 4 aromatic rings. The van der Waals surface area contributed by atoms with Crippen LogP contribution >= 0.6 is 0 Å². The van der Waals surface area contributed by atoms with E-state index in [-0.39, 0.29) is 11.5 Å². The second-order valence-electron chi connectivity index (χ2n) is 7.07. The van der Waals surface area contributed by atoms with Crippen molar-refractivity contribution in [2.24, 2.45) is 0 Å². The molecule has 3 aromatic heterocycles. The predicted molar refractivity (Wildman–Crippen MR) is 108 cm³/mol. The summed E-state index contributed by atoms with van der Waals surface area (Å²) in [4.78, 5) is 23.7. The third-order valence-electron chi connectivity index (χ3n) is 5.25. The van der Waals surface area contributed by atoms with E-state index in [9.17, 15) is 4.79 Å². The molecule has 1 fully saturated rings. The molecule has 0 bridgehead atoms. The SMILES string of the molecule is N#Cc1cnc(Nc2cccc3nn4c(C5CCNCC5)cc(=O)[nH]c4c23)nc1. The number of nitrogens with zero attached hydrogens (tertiary/aromatic N) is 5. The van der Waals surface area contributed by atoms with Gasteiger partial charge in [0, 0.05) is 12.0 Å². The topological polar surface area (TPSA) is 124 Å². The van der Waals surface area contributed by atoms with E-state index >= 15 is 0 Å². The average molecular weight is 386 g/mol. The van der Waals surface area contributed by atoms with Gasteiger partial charge in [0.25, 0.3) is 5.56 Å². The molecule has 9 heteroatoms. The van der Waals surface area contributed by atoms with Gasteiger partial charge in [-0.15, -0.1) is 0 Å². The molecule has 0 spiro atoms. The number of fused-ring (bicyclic) bond motifs is 3. The molecule has 5 rings (SSSR count). The molecular weight excluding hydrogens is 368 g/mol. The normalized spacial score (nSPS) is 14.9. The largest absolute Gasteiger partial charge is 0.323 e. The summed E-state index contributed by atoms with van der Waals surface area (Å²) in [5.41, 5.74) is 3.33. The Balaban J connectivity index is 1.66. The molecule has 4 heterocycles. The number of aromatic nitrogens is 5. The number of piperidine rings is 1. The van der Waals surface area contributed by atoms with Crippen molar-refractivity contribution in [1.29, 1.82) is 5.26 Å². The van der Waals surface area contributed by atoms with Crippen LogP contribution in [0.1, 0.15) is 30.0 Å². The highest BCUT2D eigenvalue weighted by Crippen LogP contribution is 2.31. The molecule has 0 amide bonds. The molecule has 9 nitrogen and oxygen atoms in total. The van der Waals surface area contributed by atoms with Crippen LogP contribution in [0, 0.1) is 11.3 Å². The van der Waals surface area contributed by atoms with Gasteiger partial charge in [0.1, 0.15) is 11.7 Å². The van der Waals surface area contributed by atoms with Crippen LogP contribution < -0.4 is 16.2 Å². The first kappa shape index (κ1) is 17.3. The lowest BCUT2D eigenvalue weighted by atomic mass is 9.94. The third kappa shape index (κ3) is 3.09. The van der Waals surface area contributed by atoms with E-state index in [0.717, 1.165) is 48.2 Å². The van der Waals surface area contributed by atoms with E-state index in [2.05, 4.69) is 25.6 Å². The highest BCUT2D eigenvalue weighted by molar-refractivity contribution is 6.02. The molecule has 1 aromatic carbocycles. The molecule has 0 atom stereocenters. The average Bonchev–Trinajstić information content (AvgIpc) is 3.14. The Hall–Kier alpha value is -3.77. The van der Waals surface area contributed by atoms with Crippen LogP contribution in [0.3, 0.4) is 0 Å². The Kier molecular flexibility index (Phi) is 4.18. The molecule has 29 heavy (non-hydrogen) atoms. The molecule has 3 N–H and O–H groups in total. The lowest BCUT2D eigenvalue weighted by Gasteiger charge is -2.23. The predicted octanol–water partition coefficient (Wildman–Crippen LogP) is 2.05. The molecular formula is C20H18N8O. The smallest absolute Gasteiger partial charge is 0.251 e. The highest BCUT2D eigenvalue weighted by atomic mass is 16.1. The van der Waals surface area contributed by atoms with Gasteiger partial charge >= 0.3 is 0 Å². The van der Waals surface area contributed by atoms with E-state index in [4.69, 9.17) is 10.4 Å². The zero-order chi connectivity index (χ0) is 19.8. The zero-order valence-electron chi connectivity index (χ0n) is 15.5. The molecule has 0 unspecified atom stereocenters. The van der Waals surface area contributed by atoms with Gasteiger partial charge < -0.3 is 15.6 Å². The minimum Gasteiger partial charge on any atom is -0.323 e. The van der Waals surface area contributed by atoms with Gasteiger partial charge in [0.05, 0.1) is 40.2 Å². The molecule has 0 radical (unpaired) electrons. The summed E-state index contributed by atoms with van der Waals surface area (Å²) < 4.78 is 1.85. The van der Waals surface area contributed by atoms with Gasteiger partial charge in [-0.3, -0.25) is 4.79 Å². The fraction of sp³-hybridized carbons (Fsp3) is 0.250. The third-order valence-corrected chi connectivity index (χ3v) is 5.25. The van der Waals surface area contributed by atoms with Crippen LogP contribution in [-0.2, 0) is 0 Å². The first-order valence-corrected chi connectivity index (χ1v) is 9.47. The van der Waals surface area contributed by atoms with Crippen molar-refractivity contribution in [3.05, 3.63) is 58.3 Å². The van der Waals surface area contributed by atoms with E-state index in [1.807, 2.05) is 28.8 Å². The highest BCUT2D eigenvalue weighted by Gasteiger charge is 2.21. The van der Waals surface area contributed by atoms with Crippen LogP contribution in [0.5, 0.6) is 0 Å². The van der Waals surface area contributed by atoms with Crippen molar-refractivity contribution in [2.75, 3.05) is 18.4 Å². The molecule has 0 aliphatic carbocycles. The Bertz CT molecular complexity index is 1290. The first-order valence-electron chi connectivity index (χ1n) is 9.47. The number of aromatic amines is 1. The number of nitriles is 1. The van der Waals surface area contributed by atoms with Crippen molar-refractivity contribution in [2.45, 2.75) is 18.8 Å². The Labute approximate surface area is 165 Å². The number of nitrogens with one attached hydrogen (secondary N) is 3. The van der Waals surface area contributed by atoms with Gasteiger partial charge in [-0.2, -0.15) is 10.4 Å². The van der Waals surface area contributed by atoms with E-state index in [1.165, 1.54) is 12.4 Å². The molecule has 1 aliphatic heterocycles. The number of H-pyrrole nitrogens is 1. The number of hydrogen-bond donors (Lipinski definition) is 3. The maximum Gasteiger partial charge on any atom is 0.251 e. The Morgan fingerprint density at radius 3 is 2.76 bits per heavy atom. The second-order valence-corrected chi connectivity index (χ2v) is 7.07. The minimum absolute atomic E-state index is 0.141. The van der Waals surface area contributed by atoms with Crippen molar-refractivity contribution in [3.8, 4) is 6.07 Å². The van der Waals surface area contributed by atoms with Crippen molar-refractivity contribution >= 4 is 28.2 Å². The maximum absolute atomic E-state index is 12.4. The van der Waals surface area contributed by atoms with Crippen molar-refractivity contribution in [1.82, 2.24) is 29.9 Å². The minimum atomic E-state index is -0.141. The molecule has 144 valence electrons. The molecule has 1 aliphatic rings. The fourth-order valence-corrected chi connectivity index (χ4v) is 3.87. The van der Waals surface area contributed by atoms with Crippen LogP contribution in [-0.4, -0.2) is 37.7 Å². The monoisotopic (exact) mass is 386 g/mol. The number of benzene rings is 1. The summed E-state index contributed by atoms with van der Waals surface area (Å²) in [6.45, 7) is 1.87. The van der Waals surface area contributed by atoms with Gasteiger partial charge in [0.2, 0.25) is 5.95 Å². The number of rotatable bonds is 3. The van der Waals surface area contributed by atoms with Gasteiger partial charge in [0.15, 0.2) is 0 Å². The summed E-state index contributed by atoms with van der Waals surface area (Å²) in [7, 11) is 0. The number of hydrogen-bond acceptors (Lipinski definition) is 7. The number of anilines is 2. The van der Waals surface area contributed by atoms with Gasteiger partial charge in [-0.1, -0.05) is 6.07 Å². The van der Waals surface area contributed by atoms with Crippen LogP contribution in [0.15, 0.2) is 41.5 Å². The van der Waals surface area contributed by atoms with Crippen LogP contribution in [0.2, 0.25) is 0 Å². The summed E-state index contributed by atoms with van der Waals surface area (Å²) in [6.07, 6.45) is 4.86. The van der Waals surface area contributed by atoms with Crippen molar-refractivity contribution in [3.63, 3.8) is 0 Å². The zero-order valence-corrected chi connectivity index (χ0v) is 15.5. The Morgan fingerprint density at radius 2 is 2.00 bits per heavy atom. The van der Waals surface area contributed by atoms with Crippen LogP contribution in [0.25, 0.3) is 16.6 Å². The molecule has 0 saturated carbocycles. The first-order chi connectivity index (χ1) is 14.2. The summed E-state index contributed by atoms with van der Waals surface area (Å²) >= 11 is 0. The maximum atomic E-state index is 12.4. The fourth-order valence-electron chi connectivity index (χ4n) is 3.87. The summed E-state index contributed by atoms with van der Waals surface area (Å²) in [5, 5.41) is 21.0. The lowest BCUT2D eigenvalue weighted by Crippen LogP contribution is -2.28. The van der Waals surface area contributed by atoms with E-state index in [1.54, 1.807) is 6.07 Å². The van der Waals surface area contributed by atoms with Crippen LogP contribution in [0.4, 0.5) is 11.6 Å². The van der Waals surface area contributed by atoms with E-state index in [0.29, 0.717) is 17.2 Å². The molecule has 1 saturated heterocycles. The summed E-state index contributed by atoms with van der Waals surface area (Å²) in [6, 6.07) is 9.36. The van der Waals surface area contributed by atoms with Gasteiger partial charge in [-0.05, 0) is 38.1 Å². The van der Waals surface area contributed by atoms with Gasteiger partial charge in [-0.25, -0.2) is 14.5 Å². The standard InChI is InChI=1S/C20H18N8O/c21-9-12-10-23-20(24-11-12)25-14-2-1-3-15-18(14)19-26-17(29)8-16(28(19)27-15)13-4-6-22-7-5-13/h1-3,8,10-11,13,22H,4-7H2,(H,26,29)(H,23,24,25). The van der Waals surface area contributed by atoms with E-state index < -0.39 is 0 Å². The lowest BCUT2D eigenvalue weighted by molar-refractivity contribution is 0.446.